The molecule has 4 nitrogen and oxygen atoms in total. The Kier molecular flexibility index (Phi) is 6.38. The van der Waals surface area contributed by atoms with Crippen LogP contribution in [-0.2, 0) is 10.2 Å². The molecule has 2 rings (SSSR count). The maximum atomic E-state index is 12.2. The van der Waals surface area contributed by atoms with Crippen LogP contribution in [-0.4, -0.2) is 23.7 Å². The topological polar surface area (TPSA) is 58.6 Å². The molecule has 1 aliphatic rings. The van der Waals surface area contributed by atoms with Crippen LogP contribution < -0.4 is 10.1 Å². The van der Waals surface area contributed by atoms with Crippen LogP contribution in [0.1, 0.15) is 77.8 Å². The fourth-order valence-electron chi connectivity index (χ4n) is 3.42. The second-order valence-electron chi connectivity index (χ2n) is 8.39. The van der Waals surface area contributed by atoms with Crippen molar-refractivity contribution in [1.82, 2.24) is 5.32 Å². The summed E-state index contributed by atoms with van der Waals surface area (Å²) in [6.45, 7) is 12.9. The molecule has 144 valence electrons. The number of rotatable bonds is 5. The van der Waals surface area contributed by atoms with Gasteiger partial charge in [-0.1, -0.05) is 26.8 Å². The quantitative estimate of drug-likeness (QED) is 0.793. The van der Waals surface area contributed by atoms with Crippen LogP contribution in [0.4, 0.5) is 0 Å². The van der Waals surface area contributed by atoms with E-state index in [1.54, 1.807) is 0 Å². The van der Waals surface area contributed by atoms with Crippen molar-refractivity contribution in [2.75, 3.05) is 6.54 Å². The third kappa shape index (κ3) is 4.80. The third-order valence-electron chi connectivity index (χ3n) is 4.76. The van der Waals surface area contributed by atoms with Crippen LogP contribution in [0.3, 0.4) is 0 Å². The molecule has 0 saturated heterocycles. The van der Waals surface area contributed by atoms with E-state index in [0.717, 1.165) is 35.3 Å². The lowest BCUT2D eigenvalue weighted by Crippen LogP contribution is -2.26. The van der Waals surface area contributed by atoms with Crippen molar-refractivity contribution < 1.29 is 14.6 Å². The number of likely N-dealkylation sites (N-methyl/N-ethyl adjacent to an activating group) is 1. The molecule has 0 fully saturated rings. The zero-order valence-corrected chi connectivity index (χ0v) is 17.0. The van der Waals surface area contributed by atoms with Crippen LogP contribution in [0.5, 0.6) is 11.5 Å². The number of ether oxygens (including phenoxy) is 1. The summed E-state index contributed by atoms with van der Waals surface area (Å²) < 4.78 is 6.08. The average Bonchev–Trinajstić information content (AvgIpc) is 2.53. The Bertz CT molecular complexity index is 683. The number of allylic oxidation sites excluding steroid dienone is 1. The van der Waals surface area contributed by atoms with E-state index in [1.807, 2.05) is 32.9 Å². The molecule has 1 atom stereocenters. The fraction of sp³-hybridized carbons (Fsp3) is 0.591. The summed E-state index contributed by atoms with van der Waals surface area (Å²) in [7, 11) is 0. The first-order valence-electron chi connectivity index (χ1n) is 9.64. The lowest BCUT2D eigenvalue weighted by molar-refractivity contribution is -0.117. The van der Waals surface area contributed by atoms with E-state index in [4.69, 9.17) is 4.74 Å². The highest BCUT2D eigenvalue weighted by Crippen LogP contribution is 2.45. The predicted octanol–water partition coefficient (Wildman–Crippen LogP) is 4.81. The summed E-state index contributed by atoms with van der Waals surface area (Å²) in [5, 5.41) is 13.7. The molecule has 1 amide bonds. The molecule has 1 aliphatic carbocycles. The van der Waals surface area contributed by atoms with E-state index >= 15 is 0 Å². The summed E-state index contributed by atoms with van der Waals surface area (Å²) in [6.07, 6.45) is 4.40. The van der Waals surface area contributed by atoms with Gasteiger partial charge >= 0.3 is 0 Å². The summed E-state index contributed by atoms with van der Waals surface area (Å²) in [6, 6.07) is 3.91. The van der Waals surface area contributed by atoms with Gasteiger partial charge in [-0.3, -0.25) is 4.79 Å². The van der Waals surface area contributed by atoms with E-state index in [-0.39, 0.29) is 29.1 Å². The Balaban J connectivity index is 2.41. The zero-order chi connectivity index (χ0) is 19.5. The van der Waals surface area contributed by atoms with Crippen molar-refractivity contribution in [2.24, 2.45) is 0 Å². The van der Waals surface area contributed by atoms with Crippen molar-refractivity contribution >= 4 is 5.91 Å². The van der Waals surface area contributed by atoms with Crippen molar-refractivity contribution in [3.63, 3.8) is 0 Å². The smallest absolute Gasteiger partial charge is 0.246 e. The molecule has 0 aliphatic heterocycles. The van der Waals surface area contributed by atoms with Gasteiger partial charge in [0, 0.05) is 17.7 Å². The largest absolute Gasteiger partial charge is 0.508 e. The van der Waals surface area contributed by atoms with Gasteiger partial charge in [-0.05, 0) is 69.1 Å². The highest BCUT2D eigenvalue weighted by molar-refractivity contribution is 5.93. The van der Waals surface area contributed by atoms with E-state index in [2.05, 4.69) is 32.2 Å². The molecule has 2 N–H and O–H groups in total. The number of carbonyl (C=O) groups excluding carboxylic acids is 1. The number of phenolic OH excluding ortho intramolecular Hbond substituents is 1. The highest BCUT2D eigenvalue weighted by atomic mass is 16.5. The van der Waals surface area contributed by atoms with Gasteiger partial charge in [0.25, 0.3) is 0 Å². The first-order valence-corrected chi connectivity index (χ1v) is 9.64. The van der Waals surface area contributed by atoms with Crippen LogP contribution in [0.2, 0.25) is 0 Å². The monoisotopic (exact) mass is 359 g/mol. The molecule has 0 heterocycles. The van der Waals surface area contributed by atoms with Gasteiger partial charge in [0.15, 0.2) is 0 Å². The van der Waals surface area contributed by atoms with Gasteiger partial charge in [-0.15, -0.1) is 0 Å². The summed E-state index contributed by atoms with van der Waals surface area (Å²) >= 11 is 0. The number of carbonyl (C=O) groups is 1. The van der Waals surface area contributed by atoms with Crippen molar-refractivity contribution in [3.05, 3.63) is 34.9 Å². The number of amides is 1. The van der Waals surface area contributed by atoms with Gasteiger partial charge in [0.2, 0.25) is 5.91 Å². The molecule has 0 bridgehead atoms. The normalized spacial score (nSPS) is 17.8. The zero-order valence-electron chi connectivity index (χ0n) is 17.0. The first kappa shape index (κ1) is 20.3. The lowest BCUT2D eigenvalue weighted by Gasteiger charge is -2.28. The second-order valence-corrected chi connectivity index (χ2v) is 8.39. The maximum Gasteiger partial charge on any atom is 0.246 e. The van der Waals surface area contributed by atoms with Crippen LogP contribution in [0.15, 0.2) is 23.8 Å². The van der Waals surface area contributed by atoms with E-state index < -0.39 is 0 Å². The molecule has 26 heavy (non-hydrogen) atoms. The molecule has 0 radical (unpaired) electrons. The Morgan fingerprint density at radius 3 is 2.62 bits per heavy atom. The number of aromatic hydroxyl groups is 1. The van der Waals surface area contributed by atoms with Crippen LogP contribution in [0.25, 0.3) is 0 Å². The Hall–Kier alpha value is -1.97. The Morgan fingerprint density at radius 1 is 1.35 bits per heavy atom. The number of hydrogen-bond donors (Lipinski definition) is 2. The van der Waals surface area contributed by atoms with Gasteiger partial charge in [-0.2, -0.15) is 0 Å². The van der Waals surface area contributed by atoms with Gasteiger partial charge < -0.3 is 15.2 Å². The minimum atomic E-state index is -0.0796. The Labute approximate surface area is 157 Å². The SMILES string of the molecule is CCNC(=O)C1=CCC[C@H](c2c(O)cc(C(C)(C)C)cc2OC(C)C)C1. The predicted molar refractivity (Wildman–Crippen MR) is 106 cm³/mol. The molecule has 4 heteroatoms. The number of nitrogens with one attached hydrogen (secondary N) is 1. The summed E-state index contributed by atoms with van der Waals surface area (Å²) in [5.41, 5.74) is 2.60. The first-order chi connectivity index (χ1) is 12.1. The van der Waals surface area contributed by atoms with E-state index in [1.165, 1.54) is 0 Å². The third-order valence-corrected chi connectivity index (χ3v) is 4.76. The van der Waals surface area contributed by atoms with Crippen LogP contribution in [0, 0.1) is 0 Å². The van der Waals surface area contributed by atoms with Crippen molar-refractivity contribution in [1.29, 1.82) is 0 Å². The minimum absolute atomic E-state index is 0.00525. The second kappa shape index (κ2) is 8.15. The lowest BCUT2D eigenvalue weighted by atomic mass is 9.80. The summed E-state index contributed by atoms with van der Waals surface area (Å²) in [5.74, 6) is 1.09. The van der Waals surface area contributed by atoms with Gasteiger partial charge in [0.1, 0.15) is 11.5 Å². The summed E-state index contributed by atoms with van der Waals surface area (Å²) in [4.78, 5) is 12.2. The molecule has 0 aromatic heterocycles. The van der Waals surface area contributed by atoms with Crippen molar-refractivity contribution in [2.45, 2.75) is 78.2 Å². The van der Waals surface area contributed by atoms with Gasteiger partial charge in [0.05, 0.1) is 6.10 Å². The molecule has 0 unspecified atom stereocenters. The molecular weight excluding hydrogens is 326 g/mol. The number of phenols is 1. The number of hydrogen-bond acceptors (Lipinski definition) is 3. The molecule has 0 saturated carbocycles. The number of benzene rings is 1. The van der Waals surface area contributed by atoms with Crippen LogP contribution >= 0.6 is 0 Å². The van der Waals surface area contributed by atoms with Gasteiger partial charge in [-0.25, -0.2) is 0 Å². The standard InChI is InChI=1S/C22H33NO3/c1-7-23-21(25)16-10-8-9-15(11-16)20-18(24)12-17(22(4,5)6)13-19(20)26-14(2)3/h10,12-15,24H,7-9,11H2,1-6H3,(H,23,25)/t15-/m0/s1. The molecular formula is C22H33NO3. The molecule has 1 aromatic carbocycles. The maximum absolute atomic E-state index is 12.2. The highest BCUT2D eigenvalue weighted by Gasteiger charge is 2.28. The minimum Gasteiger partial charge on any atom is -0.508 e. The fourth-order valence-corrected chi connectivity index (χ4v) is 3.42. The average molecular weight is 360 g/mol. The molecule has 0 spiro atoms. The Morgan fingerprint density at radius 2 is 2.04 bits per heavy atom. The van der Waals surface area contributed by atoms with E-state index in [0.29, 0.717) is 13.0 Å². The molecule has 1 aromatic rings. The van der Waals surface area contributed by atoms with E-state index in [9.17, 15) is 9.90 Å². The van der Waals surface area contributed by atoms with Crippen molar-refractivity contribution in [3.8, 4) is 11.5 Å².